The van der Waals surface area contributed by atoms with Crippen LogP contribution in [0.5, 0.6) is 0 Å². The van der Waals surface area contributed by atoms with Crippen molar-refractivity contribution in [3.05, 3.63) is 18.0 Å². The predicted molar refractivity (Wildman–Crippen MR) is 79.2 cm³/mol. The lowest BCUT2D eigenvalue weighted by molar-refractivity contribution is 0.334. The summed E-state index contributed by atoms with van der Waals surface area (Å²) in [5.41, 5.74) is 7.15. The van der Waals surface area contributed by atoms with Crippen LogP contribution in [-0.2, 0) is 5.41 Å². The molecular weight excluding hydrogens is 236 g/mol. The molecule has 0 aliphatic heterocycles. The molecule has 2 atom stereocenters. The van der Waals surface area contributed by atoms with Crippen molar-refractivity contribution in [3.8, 4) is 0 Å². The third kappa shape index (κ3) is 4.16. The van der Waals surface area contributed by atoms with Crippen molar-refractivity contribution in [2.75, 3.05) is 11.9 Å². The zero-order valence-corrected chi connectivity index (χ0v) is 12.3. The van der Waals surface area contributed by atoms with Crippen molar-refractivity contribution < 1.29 is 0 Å². The Balaban J connectivity index is 1.92. The highest BCUT2D eigenvalue weighted by Crippen LogP contribution is 2.24. The minimum Gasteiger partial charge on any atom is -0.354 e. The number of hydrogen-bond acceptors (Lipinski definition) is 4. The largest absolute Gasteiger partial charge is 0.354 e. The number of aromatic nitrogens is 2. The third-order valence-electron chi connectivity index (χ3n) is 3.80. The first-order chi connectivity index (χ1) is 8.95. The van der Waals surface area contributed by atoms with E-state index in [4.69, 9.17) is 5.73 Å². The normalized spacial score (nSPS) is 24.2. The summed E-state index contributed by atoms with van der Waals surface area (Å²) in [4.78, 5) is 8.90. The van der Waals surface area contributed by atoms with Crippen LogP contribution >= 0.6 is 0 Å². The Kier molecular flexibility index (Phi) is 4.40. The molecule has 1 aromatic heterocycles. The molecule has 2 unspecified atom stereocenters. The Bertz CT molecular complexity index is 411. The first-order valence-electron chi connectivity index (χ1n) is 7.28. The van der Waals surface area contributed by atoms with Crippen molar-refractivity contribution >= 4 is 5.95 Å². The molecule has 2 rings (SSSR count). The standard InChI is InChI=1S/C15H26N4/c1-15(2,3)13-7-8-17-14(19-13)18-10-11-5-4-6-12(16)9-11/h7-8,11-12H,4-6,9-10,16H2,1-3H3,(H,17,18,19). The molecule has 19 heavy (non-hydrogen) atoms. The van der Waals surface area contributed by atoms with Gasteiger partial charge in [0.15, 0.2) is 0 Å². The first kappa shape index (κ1) is 14.3. The van der Waals surface area contributed by atoms with Gasteiger partial charge in [0, 0.05) is 24.2 Å². The Morgan fingerprint density at radius 3 is 2.84 bits per heavy atom. The van der Waals surface area contributed by atoms with Gasteiger partial charge in [-0.05, 0) is 31.2 Å². The average molecular weight is 262 g/mol. The average Bonchev–Trinajstić information content (AvgIpc) is 2.36. The van der Waals surface area contributed by atoms with Crippen LogP contribution in [0.4, 0.5) is 5.95 Å². The molecule has 106 valence electrons. The minimum absolute atomic E-state index is 0.0621. The van der Waals surface area contributed by atoms with E-state index in [0.29, 0.717) is 12.0 Å². The van der Waals surface area contributed by atoms with E-state index in [1.54, 1.807) is 0 Å². The molecule has 1 fully saturated rings. The van der Waals surface area contributed by atoms with Gasteiger partial charge in [0.2, 0.25) is 5.95 Å². The quantitative estimate of drug-likeness (QED) is 0.879. The van der Waals surface area contributed by atoms with Crippen molar-refractivity contribution in [1.29, 1.82) is 0 Å². The highest BCUT2D eigenvalue weighted by atomic mass is 15.1. The predicted octanol–water partition coefficient (Wildman–Crippen LogP) is 2.70. The Morgan fingerprint density at radius 1 is 1.37 bits per heavy atom. The van der Waals surface area contributed by atoms with Crippen LogP contribution in [0.1, 0.15) is 52.1 Å². The number of nitrogens with one attached hydrogen (secondary N) is 1. The molecular formula is C15H26N4. The molecule has 4 nitrogen and oxygen atoms in total. The van der Waals surface area contributed by atoms with Gasteiger partial charge in [0.25, 0.3) is 0 Å². The fourth-order valence-electron chi connectivity index (χ4n) is 2.62. The van der Waals surface area contributed by atoms with Gasteiger partial charge in [0.05, 0.1) is 5.69 Å². The van der Waals surface area contributed by atoms with Crippen LogP contribution in [0.3, 0.4) is 0 Å². The topological polar surface area (TPSA) is 63.8 Å². The summed E-state index contributed by atoms with van der Waals surface area (Å²) in [7, 11) is 0. The van der Waals surface area contributed by atoms with Gasteiger partial charge >= 0.3 is 0 Å². The maximum atomic E-state index is 6.02. The van der Waals surface area contributed by atoms with Gasteiger partial charge in [-0.15, -0.1) is 0 Å². The van der Waals surface area contributed by atoms with E-state index in [1.807, 2.05) is 12.3 Å². The second-order valence-electron chi connectivity index (χ2n) is 6.69. The van der Waals surface area contributed by atoms with Crippen LogP contribution in [0.15, 0.2) is 12.3 Å². The van der Waals surface area contributed by atoms with E-state index in [9.17, 15) is 0 Å². The van der Waals surface area contributed by atoms with E-state index in [0.717, 1.165) is 24.6 Å². The Hall–Kier alpha value is -1.16. The van der Waals surface area contributed by atoms with E-state index in [2.05, 4.69) is 36.1 Å². The first-order valence-corrected chi connectivity index (χ1v) is 7.28. The highest BCUT2D eigenvalue weighted by Gasteiger charge is 2.20. The van der Waals surface area contributed by atoms with Gasteiger partial charge < -0.3 is 11.1 Å². The summed E-state index contributed by atoms with van der Waals surface area (Å²) in [6.45, 7) is 7.43. The monoisotopic (exact) mass is 262 g/mol. The summed E-state index contributed by atoms with van der Waals surface area (Å²) in [5, 5.41) is 3.37. The highest BCUT2D eigenvalue weighted by molar-refractivity contribution is 5.27. The lowest BCUT2D eigenvalue weighted by Crippen LogP contribution is -2.31. The Labute approximate surface area is 116 Å². The second kappa shape index (κ2) is 5.87. The fraction of sp³-hybridized carbons (Fsp3) is 0.733. The lowest BCUT2D eigenvalue weighted by Gasteiger charge is -2.26. The molecule has 0 radical (unpaired) electrons. The van der Waals surface area contributed by atoms with Crippen molar-refractivity contribution in [1.82, 2.24) is 9.97 Å². The molecule has 0 aromatic carbocycles. The molecule has 1 heterocycles. The SMILES string of the molecule is CC(C)(C)c1ccnc(NCC2CCCC(N)C2)n1. The number of nitrogens with zero attached hydrogens (tertiary/aromatic N) is 2. The van der Waals surface area contributed by atoms with Crippen molar-refractivity contribution in [3.63, 3.8) is 0 Å². The molecule has 0 amide bonds. The van der Waals surface area contributed by atoms with Crippen molar-refractivity contribution in [2.24, 2.45) is 11.7 Å². The van der Waals surface area contributed by atoms with Crippen molar-refractivity contribution in [2.45, 2.75) is 57.9 Å². The summed E-state index contributed by atoms with van der Waals surface area (Å²) in [6, 6.07) is 2.37. The molecule has 0 spiro atoms. The second-order valence-corrected chi connectivity index (χ2v) is 6.69. The molecule has 1 saturated carbocycles. The van der Waals surface area contributed by atoms with Gasteiger partial charge in [-0.3, -0.25) is 0 Å². The molecule has 4 heteroatoms. The van der Waals surface area contributed by atoms with Gasteiger partial charge in [0.1, 0.15) is 0 Å². The van der Waals surface area contributed by atoms with E-state index in [1.165, 1.54) is 19.3 Å². The summed E-state index contributed by atoms with van der Waals surface area (Å²) >= 11 is 0. The van der Waals surface area contributed by atoms with Gasteiger partial charge in [-0.25, -0.2) is 9.97 Å². The Morgan fingerprint density at radius 2 is 2.16 bits per heavy atom. The van der Waals surface area contributed by atoms with Crippen LogP contribution in [-0.4, -0.2) is 22.6 Å². The van der Waals surface area contributed by atoms with Gasteiger partial charge in [-0.2, -0.15) is 0 Å². The van der Waals surface area contributed by atoms with Gasteiger partial charge in [-0.1, -0.05) is 27.2 Å². The third-order valence-corrected chi connectivity index (χ3v) is 3.80. The van der Waals surface area contributed by atoms with E-state index in [-0.39, 0.29) is 5.41 Å². The summed E-state index contributed by atoms with van der Waals surface area (Å²) < 4.78 is 0. The number of nitrogens with two attached hydrogens (primary N) is 1. The molecule has 1 aliphatic carbocycles. The summed E-state index contributed by atoms with van der Waals surface area (Å²) in [5.74, 6) is 1.40. The number of rotatable bonds is 3. The number of anilines is 1. The van der Waals surface area contributed by atoms with E-state index < -0.39 is 0 Å². The molecule has 1 aliphatic rings. The van der Waals surface area contributed by atoms with Crippen LogP contribution in [0, 0.1) is 5.92 Å². The maximum absolute atomic E-state index is 6.02. The summed E-state index contributed by atoms with van der Waals surface area (Å²) in [6.07, 6.45) is 6.64. The molecule has 3 N–H and O–H groups in total. The molecule has 0 saturated heterocycles. The van der Waals surface area contributed by atoms with Crippen LogP contribution < -0.4 is 11.1 Å². The smallest absolute Gasteiger partial charge is 0.222 e. The lowest BCUT2D eigenvalue weighted by atomic mass is 9.86. The molecule has 1 aromatic rings. The minimum atomic E-state index is 0.0621. The number of hydrogen-bond donors (Lipinski definition) is 2. The van der Waals surface area contributed by atoms with E-state index >= 15 is 0 Å². The zero-order valence-electron chi connectivity index (χ0n) is 12.3. The molecule has 0 bridgehead atoms. The van der Waals surface area contributed by atoms with Crippen LogP contribution in [0.25, 0.3) is 0 Å². The zero-order chi connectivity index (χ0) is 13.9. The maximum Gasteiger partial charge on any atom is 0.222 e. The van der Waals surface area contributed by atoms with Crippen LogP contribution in [0.2, 0.25) is 0 Å². The fourth-order valence-corrected chi connectivity index (χ4v) is 2.62.